The Bertz CT molecular complexity index is 823. The Balaban J connectivity index is 2.10. The molecule has 2 aromatic carbocycles. The first kappa shape index (κ1) is 13.8. The number of nitrogens with two attached hydrogens (primary N) is 1. The van der Waals surface area contributed by atoms with Crippen LogP contribution in [0.15, 0.2) is 24.3 Å². The van der Waals surface area contributed by atoms with Crippen molar-refractivity contribution >= 4 is 51.4 Å². The number of rotatable bonds is 3. The second-order valence-corrected chi connectivity index (χ2v) is 5.19. The smallest absolute Gasteiger partial charge is 0.167 e. The van der Waals surface area contributed by atoms with Gasteiger partial charge in [0.15, 0.2) is 11.6 Å². The third kappa shape index (κ3) is 2.45. The van der Waals surface area contributed by atoms with Gasteiger partial charge in [-0.25, -0.2) is 4.39 Å². The number of aromatic nitrogens is 2. The van der Waals surface area contributed by atoms with Gasteiger partial charge in [0.2, 0.25) is 0 Å². The summed E-state index contributed by atoms with van der Waals surface area (Å²) in [6, 6.07) is 6.15. The van der Waals surface area contributed by atoms with Crippen molar-refractivity contribution in [2.75, 3.05) is 18.2 Å². The fraction of sp³-hybridized carbons (Fsp3) is 0.0769. The molecule has 0 aliphatic heterocycles. The van der Waals surface area contributed by atoms with Gasteiger partial charge in [-0.15, -0.1) is 0 Å². The van der Waals surface area contributed by atoms with Crippen LogP contribution in [0.3, 0.4) is 0 Å². The molecular formula is C13H10ClFN4OS. The summed E-state index contributed by atoms with van der Waals surface area (Å²) in [4.78, 5) is 0. The zero-order valence-electron chi connectivity index (χ0n) is 10.9. The summed E-state index contributed by atoms with van der Waals surface area (Å²) < 4.78 is 26.9. The van der Waals surface area contributed by atoms with E-state index in [4.69, 9.17) is 22.1 Å². The Hall–Kier alpha value is -2.12. The van der Waals surface area contributed by atoms with Crippen LogP contribution in [0.1, 0.15) is 0 Å². The number of nitrogens with zero attached hydrogens (tertiary/aromatic N) is 2. The molecule has 3 aromatic rings. The van der Waals surface area contributed by atoms with E-state index in [0.29, 0.717) is 21.9 Å². The third-order valence-corrected chi connectivity index (χ3v) is 3.82. The fourth-order valence-corrected chi connectivity index (χ4v) is 2.66. The number of fused-ring (bicyclic) bond motifs is 1. The summed E-state index contributed by atoms with van der Waals surface area (Å²) in [5, 5.41) is 3.54. The molecule has 0 bridgehead atoms. The standard InChI is InChI=1S/C13H10ClFN4OS/c1-20-11-5-10(8(16)4-7(11)15)17-12-6(14)2-3-9-13(12)19-21-18-9/h2-5,17H,16H2,1H3. The van der Waals surface area contributed by atoms with Gasteiger partial charge >= 0.3 is 0 Å². The lowest BCUT2D eigenvalue weighted by Gasteiger charge is -2.13. The van der Waals surface area contributed by atoms with Crippen LogP contribution in [0, 0.1) is 5.82 Å². The number of methoxy groups -OCH3 is 1. The third-order valence-electron chi connectivity index (χ3n) is 2.96. The summed E-state index contributed by atoms with van der Waals surface area (Å²) in [5.41, 5.74) is 8.48. The minimum absolute atomic E-state index is 0.0893. The van der Waals surface area contributed by atoms with Gasteiger partial charge in [0.25, 0.3) is 0 Å². The van der Waals surface area contributed by atoms with Crippen molar-refractivity contribution in [2.45, 2.75) is 0 Å². The molecule has 3 rings (SSSR count). The number of hydrogen-bond donors (Lipinski definition) is 2. The SMILES string of the molecule is COc1cc(Nc2c(Cl)ccc3nsnc23)c(N)cc1F. The topological polar surface area (TPSA) is 73.1 Å². The van der Waals surface area contributed by atoms with Gasteiger partial charge in [-0.05, 0) is 12.1 Å². The average molecular weight is 325 g/mol. The molecule has 0 aliphatic rings. The van der Waals surface area contributed by atoms with E-state index in [1.807, 2.05) is 0 Å². The minimum Gasteiger partial charge on any atom is -0.494 e. The molecule has 0 saturated heterocycles. The molecule has 108 valence electrons. The Morgan fingerprint density at radius 2 is 2.14 bits per heavy atom. The maximum absolute atomic E-state index is 13.6. The highest BCUT2D eigenvalue weighted by Crippen LogP contribution is 2.36. The average Bonchev–Trinajstić information content (AvgIpc) is 2.93. The van der Waals surface area contributed by atoms with Gasteiger partial charge in [0.05, 0.1) is 40.9 Å². The normalized spacial score (nSPS) is 10.8. The monoisotopic (exact) mass is 324 g/mol. The van der Waals surface area contributed by atoms with Crippen molar-refractivity contribution in [1.82, 2.24) is 8.75 Å². The first-order valence-corrected chi connectivity index (χ1v) is 7.02. The molecule has 0 unspecified atom stereocenters. The van der Waals surface area contributed by atoms with Gasteiger partial charge in [0, 0.05) is 12.1 Å². The molecule has 0 amide bonds. The maximum atomic E-state index is 13.6. The zero-order valence-corrected chi connectivity index (χ0v) is 12.4. The van der Waals surface area contributed by atoms with Crippen LogP contribution in [-0.2, 0) is 0 Å². The molecule has 0 spiro atoms. The van der Waals surface area contributed by atoms with Crippen LogP contribution in [0.25, 0.3) is 11.0 Å². The molecule has 21 heavy (non-hydrogen) atoms. The van der Waals surface area contributed by atoms with E-state index in [-0.39, 0.29) is 11.4 Å². The van der Waals surface area contributed by atoms with Crippen molar-refractivity contribution in [3.8, 4) is 5.75 Å². The van der Waals surface area contributed by atoms with Gasteiger partial charge in [-0.1, -0.05) is 11.6 Å². The van der Waals surface area contributed by atoms with Crippen molar-refractivity contribution in [3.05, 3.63) is 35.1 Å². The second kappa shape index (κ2) is 5.34. The van der Waals surface area contributed by atoms with Gasteiger partial charge in [0.1, 0.15) is 11.0 Å². The lowest BCUT2D eigenvalue weighted by Crippen LogP contribution is -2.00. The first-order valence-electron chi connectivity index (χ1n) is 5.91. The van der Waals surface area contributed by atoms with Crippen molar-refractivity contribution in [1.29, 1.82) is 0 Å². The molecule has 0 atom stereocenters. The van der Waals surface area contributed by atoms with Gasteiger partial charge in [-0.3, -0.25) is 0 Å². The Morgan fingerprint density at radius 3 is 2.90 bits per heavy atom. The van der Waals surface area contributed by atoms with E-state index >= 15 is 0 Å². The highest BCUT2D eigenvalue weighted by molar-refractivity contribution is 7.00. The van der Waals surface area contributed by atoms with Crippen LogP contribution in [-0.4, -0.2) is 15.9 Å². The number of hydrogen-bond acceptors (Lipinski definition) is 6. The van der Waals surface area contributed by atoms with E-state index in [1.165, 1.54) is 19.2 Å². The first-order chi connectivity index (χ1) is 10.1. The molecule has 1 heterocycles. The molecular weight excluding hydrogens is 315 g/mol. The fourth-order valence-electron chi connectivity index (χ4n) is 1.91. The van der Waals surface area contributed by atoms with Gasteiger partial charge < -0.3 is 15.8 Å². The summed E-state index contributed by atoms with van der Waals surface area (Å²) in [6.45, 7) is 0. The number of nitrogens with one attached hydrogen (secondary N) is 1. The van der Waals surface area contributed by atoms with E-state index in [9.17, 15) is 4.39 Å². The second-order valence-electron chi connectivity index (χ2n) is 4.25. The Labute approximate surface area is 128 Å². The molecule has 0 aliphatic carbocycles. The number of benzene rings is 2. The number of anilines is 3. The predicted molar refractivity (Wildman–Crippen MR) is 83.1 cm³/mol. The lowest BCUT2D eigenvalue weighted by molar-refractivity contribution is 0.387. The summed E-state index contributed by atoms with van der Waals surface area (Å²) in [7, 11) is 1.39. The number of halogens is 2. The molecule has 5 nitrogen and oxygen atoms in total. The van der Waals surface area contributed by atoms with Crippen LogP contribution in [0.2, 0.25) is 5.02 Å². The molecule has 0 fully saturated rings. The quantitative estimate of drug-likeness (QED) is 0.716. The highest BCUT2D eigenvalue weighted by atomic mass is 35.5. The predicted octanol–water partition coefficient (Wildman–Crippen LogP) is 3.82. The molecule has 1 aromatic heterocycles. The molecule has 3 N–H and O–H groups in total. The van der Waals surface area contributed by atoms with Gasteiger partial charge in [-0.2, -0.15) is 8.75 Å². The van der Waals surface area contributed by atoms with E-state index in [2.05, 4.69) is 14.1 Å². The van der Waals surface area contributed by atoms with E-state index < -0.39 is 5.82 Å². The molecule has 0 radical (unpaired) electrons. The van der Waals surface area contributed by atoms with Crippen molar-refractivity contribution < 1.29 is 9.13 Å². The van der Waals surface area contributed by atoms with Crippen LogP contribution in [0.5, 0.6) is 5.75 Å². The van der Waals surface area contributed by atoms with Crippen molar-refractivity contribution in [3.63, 3.8) is 0 Å². The van der Waals surface area contributed by atoms with E-state index in [0.717, 1.165) is 17.2 Å². The number of ether oxygens (including phenoxy) is 1. The maximum Gasteiger partial charge on any atom is 0.167 e. The van der Waals surface area contributed by atoms with E-state index in [1.54, 1.807) is 12.1 Å². The molecule has 0 saturated carbocycles. The highest BCUT2D eigenvalue weighted by Gasteiger charge is 2.14. The Morgan fingerprint density at radius 1 is 1.33 bits per heavy atom. The molecule has 8 heteroatoms. The minimum atomic E-state index is -0.528. The zero-order chi connectivity index (χ0) is 15.0. The number of nitrogen functional groups attached to an aromatic ring is 1. The summed E-state index contributed by atoms with van der Waals surface area (Å²) in [6.07, 6.45) is 0. The van der Waals surface area contributed by atoms with Crippen LogP contribution in [0.4, 0.5) is 21.5 Å². The Kier molecular flexibility index (Phi) is 3.52. The lowest BCUT2D eigenvalue weighted by atomic mass is 10.2. The summed E-state index contributed by atoms with van der Waals surface area (Å²) in [5.74, 6) is -0.438. The summed E-state index contributed by atoms with van der Waals surface area (Å²) >= 11 is 7.28. The van der Waals surface area contributed by atoms with Crippen LogP contribution >= 0.6 is 23.3 Å². The largest absolute Gasteiger partial charge is 0.494 e. The van der Waals surface area contributed by atoms with Crippen LogP contribution < -0.4 is 15.8 Å². The van der Waals surface area contributed by atoms with Crippen molar-refractivity contribution in [2.24, 2.45) is 0 Å².